The van der Waals surface area contributed by atoms with Gasteiger partial charge in [0, 0.05) is 24.6 Å². The number of rotatable bonds is 12. The van der Waals surface area contributed by atoms with Gasteiger partial charge in [-0.2, -0.15) is 0 Å². The van der Waals surface area contributed by atoms with Gasteiger partial charge in [0.05, 0.1) is 13.2 Å². The molecule has 35 heavy (non-hydrogen) atoms. The molecular formula is C28H37FN2O4. The largest absolute Gasteiger partial charge is 0.490 e. The highest BCUT2D eigenvalue weighted by Gasteiger charge is 2.28. The van der Waals surface area contributed by atoms with Crippen molar-refractivity contribution in [3.63, 3.8) is 0 Å². The molecular weight excluding hydrogens is 447 g/mol. The Morgan fingerprint density at radius 3 is 2.43 bits per heavy atom. The molecule has 6 nitrogen and oxygen atoms in total. The number of nitrogens with zero attached hydrogens (tertiary/aromatic N) is 1. The van der Waals surface area contributed by atoms with Crippen molar-refractivity contribution in [3.05, 3.63) is 59.4 Å². The quantitative estimate of drug-likeness (QED) is 0.459. The fourth-order valence-electron chi connectivity index (χ4n) is 4.43. The number of carbonyl (C=O) groups excluding carboxylic acids is 2. The number of hydrogen-bond donors (Lipinski definition) is 1. The van der Waals surface area contributed by atoms with E-state index in [1.807, 2.05) is 32.0 Å². The number of hydrogen-bond acceptors (Lipinski definition) is 4. The van der Waals surface area contributed by atoms with Crippen LogP contribution in [0.1, 0.15) is 64.0 Å². The molecule has 2 aromatic rings. The minimum atomic E-state index is -0.706. The molecule has 0 saturated heterocycles. The van der Waals surface area contributed by atoms with Crippen LogP contribution >= 0.6 is 0 Å². The predicted octanol–water partition coefficient (Wildman–Crippen LogP) is 5.03. The van der Waals surface area contributed by atoms with E-state index < -0.39 is 6.04 Å². The van der Waals surface area contributed by atoms with Crippen LogP contribution in [0, 0.1) is 5.82 Å². The average molecular weight is 485 g/mol. The number of nitrogens with one attached hydrogen (secondary N) is 1. The third kappa shape index (κ3) is 7.44. The molecule has 1 fully saturated rings. The highest BCUT2D eigenvalue weighted by atomic mass is 19.1. The molecule has 2 amide bonds. The van der Waals surface area contributed by atoms with Crippen molar-refractivity contribution >= 4 is 11.8 Å². The average Bonchev–Trinajstić information content (AvgIpc) is 3.36. The molecule has 1 aliphatic rings. The van der Waals surface area contributed by atoms with Gasteiger partial charge in [0.25, 0.3) is 0 Å². The number of benzene rings is 2. The van der Waals surface area contributed by atoms with E-state index in [2.05, 4.69) is 5.32 Å². The van der Waals surface area contributed by atoms with Crippen LogP contribution < -0.4 is 14.8 Å². The van der Waals surface area contributed by atoms with Crippen molar-refractivity contribution in [2.24, 2.45) is 0 Å². The van der Waals surface area contributed by atoms with Gasteiger partial charge in [0.1, 0.15) is 11.9 Å². The molecule has 0 bridgehead atoms. The Hall–Kier alpha value is -3.09. The van der Waals surface area contributed by atoms with Crippen molar-refractivity contribution in [2.45, 2.75) is 77.9 Å². The summed E-state index contributed by atoms with van der Waals surface area (Å²) in [6.45, 7) is 6.61. The summed E-state index contributed by atoms with van der Waals surface area (Å²) in [5.41, 5.74) is 1.32. The van der Waals surface area contributed by atoms with Crippen LogP contribution in [-0.4, -0.2) is 42.0 Å². The van der Waals surface area contributed by atoms with Gasteiger partial charge in [-0.25, -0.2) is 4.39 Å². The molecule has 190 valence electrons. The molecule has 1 N–H and O–H groups in total. The van der Waals surface area contributed by atoms with Crippen molar-refractivity contribution in [2.75, 3.05) is 13.2 Å². The Morgan fingerprint density at radius 1 is 1.06 bits per heavy atom. The van der Waals surface area contributed by atoms with Crippen molar-refractivity contribution in [3.8, 4) is 11.5 Å². The maximum Gasteiger partial charge on any atom is 0.242 e. The van der Waals surface area contributed by atoms with Crippen molar-refractivity contribution in [1.29, 1.82) is 0 Å². The van der Waals surface area contributed by atoms with E-state index in [1.165, 1.54) is 11.0 Å². The van der Waals surface area contributed by atoms with Crippen LogP contribution in [0.25, 0.3) is 0 Å². The zero-order valence-electron chi connectivity index (χ0n) is 21.0. The molecule has 1 aliphatic carbocycles. The molecule has 1 unspecified atom stereocenters. The fraction of sp³-hybridized carbons (Fsp3) is 0.500. The number of carbonyl (C=O) groups is 2. The van der Waals surface area contributed by atoms with E-state index in [9.17, 15) is 14.0 Å². The molecule has 0 aliphatic heterocycles. The zero-order chi connectivity index (χ0) is 25.2. The van der Waals surface area contributed by atoms with Crippen LogP contribution in [0.5, 0.6) is 11.5 Å². The van der Waals surface area contributed by atoms with Crippen molar-refractivity contribution < 1.29 is 23.5 Å². The second kappa shape index (κ2) is 13.1. The Balaban J connectivity index is 1.73. The highest BCUT2D eigenvalue weighted by molar-refractivity contribution is 5.87. The lowest BCUT2D eigenvalue weighted by atomic mass is 10.1. The van der Waals surface area contributed by atoms with Gasteiger partial charge in [-0.15, -0.1) is 0 Å². The predicted molar refractivity (Wildman–Crippen MR) is 134 cm³/mol. The lowest BCUT2D eigenvalue weighted by Gasteiger charge is -2.30. The van der Waals surface area contributed by atoms with Crippen LogP contribution in [-0.2, 0) is 22.6 Å². The Bertz CT molecular complexity index is 991. The summed E-state index contributed by atoms with van der Waals surface area (Å²) >= 11 is 0. The molecule has 0 aromatic heterocycles. The molecule has 0 radical (unpaired) electrons. The first kappa shape index (κ1) is 26.5. The van der Waals surface area contributed by atoms with Crippen LogP contribution in [0.2, 0.25) is 0 Å². The molecule has 1 saturated carbocycles. The molecule has 3 rings (SSSR count). The maximum atomic E-state index is 14.4. The van der Waals surface area contributed by atoms with Gasteiger partial charge in [-0.3, -0.25) is 9.59 Å². The minimum Gasteiger partial charge on any atom is -0.490 e. The van der Waals surface area contributed by atoms with Gasteiger partial charge in [-0.05, 0) is 63.8 Å². The standard InChI is InChI=1S/C28H37FN2O4/c1-4-34-25-16-14-21(18-26(25)35-5-2)15-17-27(32)31(19-22-10-6-9-13-24(22)29)20(3)28(33)30-23-11-7-8-12-23/h6,9-10,13-14,16,18,20,23H,4-5,7-8,11-12,15,17,19H2,1-3H3,(H,30,33). The SMILES string of the molecule is CCOc1ccc(CCC(=O)N(Cc2ccccc2F)C(C)C(=O)NC2CCCC2)cc1OCC. The van der Waals surface area contributed by atoms with Gasteiger partial charge in [0.2, 0.25) is 11.8 Å². The summed E-state index contributed by atoms with van der Waals surface area (Å²) in [7, 11) is 0. The summed E-state index contributed by atoms with van der Waals surface area (Å²) in [6.07, 6.45) is 4.77. The van der Waals surface area contributed by atoms with Crippen LogP contribution in [0.4, 0.5) is 4.39 Å². The Morgan fingerprint density at radius 2 is 1.74 bits per heavy atom. The summed E-state index contributed by atoms with van der Waals surface area (Å²) in [4.78, 5) is 27.8. The second-order valence-corrected chi connectivity index (χ2v) is 8.93. The monoisotopic (exact) mass is 484 g/mol. The lowest BCUT2D eigenvalue weighted by molar-refractivity contribution is -0.140. The van der Waals surface area contributed by atoms with E-state index in [4.69, 9.17) is 9.47 Å². The lowest BCUT2D eigenvalue weighted by Crippen LogP contribution is -2.49. The smallest absolute Gasteiger partial charge is 0.242 e. The van der Waals surface area contributed by atoms with Crippen LogP contribution in [0.3, 0.4) is 0 Å². The van der Waals surface area contributed by atoms with Crippen molar-refractivity contribution in [1.82, 2.24) is 10.2 Å². The molecule has 2 aromatic carbocycles. The summed E-state index contributed by atoms with van der Waals surface area (Å²) in [5, 5.41) is 3.07. The Labute approximate surface area is 207 Å². The topological polar surface area (TPSA) is 67.9 Å². The fourth-order valence-corrected chi connectivity index (χ4v) is 4.43. The summed E-state index contributed by atoms with van der Waals surface area (Å²) < 4.78 is 25.7. The first-order valence-corrected chi connectivity index (χ1v) is 12.6. The number of ether oxygens (including phenoxy) is 2. The van der Waals surface area contributed by atoms with Gasteiger partial charge in [-0.1, -0.05) is 37.1 Å². The van der Waals surface area contributed by atoms with Gasteiger partial charge in [0.15, 0.2) is 11.5 Å². The maximum absolute atomic E-state index is 14.4. The molecule has 1 atom stereocenters. The first-order chi connectivity index (χ1) is 16.9. The van der Waals surface area contributed by atoms with E-state index in [0.717, 1.165) is 31.2 Å². The minimum absolute atomic E-state index is 0.0399. The number of halogens is 1. The zero-order valence-corrected chi connectivity index (χ0v) is 21.0. The van der Waals surface area contributed by atoms with Gasteiger partial charge < -0.3 is 19.7 Å². The highest BCUT2D eigenvalue weighted by Crippen LogP contribution is 2.29. The number of amides is 2. The molecule has 0 spiro atoms. The normalized spacial score (nSPS) is 14.4. The van der Waals surface area contributed by atoms with E-state index in [0.29, 0.717) is 36.7 Å². The third-order valence-corrected chi connectivity index (χ3v) is 6.40. The van der Waals surface area contributed by atoms with E-state index in [-0.39, 0.29) is 36.6 Å². The first-order valence-electron chi connectivity index (χ1n) is 12.6. The third-order valence-electron chi connectivity index (χ3n) is 6.40. The Kier molecular flexibility index (Phi) is 9.94. The van der Waals surface area contributed by atoms with E-state index in [1.54, 1.807) is 25.1 Å². The van der Waals surface area contributed by atoms with E-state index >= 15 is 0 Å². The summed E-state index contributed by atoms with van der Waals surface area (Å²) in [6, 6.07) is 11.5. The molecule has 0 heterocycles. The molecule has 7 heteroatoms. The number of aryl methyl sites for hydroxylation is 1. The van der Waals surface area contributed by atoms with Gasteiger partial charge >= 0.3 is 0 Å². The second-order valence-electron chi connectivity index (χ2n) is 8.93. The summed E-state index contributed by atoms with van der Waals surface area (Å²) in [5.74, 6) is 0.534. The van der Waals surface area contributed by atoms with Crippen LogP contribution in [0.15, 0.2) is 42.5 Å².